The van der Waals surface area contributed by atoms with Gasteiger partial charge >= 0.3 is 0 Å². The maximum absolute atomic E-state index is 5.32. The van der Waals surface area contributed by atoms with Crippen molar-refractivity contribution in [3.05, 3.63) is 35.9 Å². The molecular formula is C15H26N2O. The molecule has 1 aromatic rings. The fraction of sp³-hybridized carbons (Fsp3) is 0.600. The number of benzene rings is 1. The molecule has 2 rings (SSSR count). The second kappa shape index (κ2) is 10.1. The molecule has 1 aliphatic heterocycles. The summed E-state index contributed by atoms with van der Waals surface area (Å²) in [6.07, 6.45) is 2.45. The van der Waals surface area contributed by atoms with E-state index in [4.69, 9.17) is 10.5 Å². The van der Waals surface area contributed by atoms with Crippen molar-refractivity contribution in [1.29, 1.82) is 0 Å². The van der Waals surface area contributed by atoms with Gasteiger partial charge in [-0.05, 0) is 31.5 Å². The van der Waals surface area contributed by atoms with Crippen LogP contribution in [0.1, 0.15) is 18.9 Å². The molecule has 0 bridgehead atoms. The Kier molecular flexibility index (Phi) is 8.47. The van der Waals surface area contributed by atoms with E-state index in [0.717, 1.165) is 32.8 Å². The lowest BCUT2D eigenvalue weighted by Gasteiger charge is -2.26. The quantitative estimate of drug-likeness (QED) is 0.887. The van der Waals surface area contributed by atoms with Gasteiger partial charge in [0, 0.05) is 13.1 Å². The minimum atomic E-state index is 0.750. The van der Waals surface area contributed by atoms with E-state index in [-0.39, 0.29) is 0 Å². The zero-order valence-electron chi connectivity index (χ0n) is 11.5. The number of rotatable bonds is 4. The standard InChI is InChI=1S/C13H19NO.C2H7N/c1-2-5-13(6-3-1)7-4-8-14-9-11-15-12-10-14;1-2-3/h1-3,5-6H,4,7-12H2;2-3H2,1H3. The summed E-state index contributed by atoms with van der Waals surface area (Å²) in [5.41, 5.74) is 6.30. The lowest BCUT2D eigenvalue weighted by Crippen LogP contribution is -2.36. The molecule has 18 heavy (non-hydrogen) atoms. The molecule has 0 aliphatic carbocycles. The molecule has 0 spiro atoms. The van der Waals surface area contributed by atoms with Gasteiger partial charge in [0.2, 0.25) is 0 Å². The maximum Gasteiger partial charge on any atom is 0.0594 e. The van der Waals surface area contributed by atoms with Crippen molar-refractivity contribution in [3.8, 4) is 0 Å². The minimum absolute atomic E-state index is 0.750. The van der Waals surface area contributed by atoms with Crippen molar-refractivity contribution in [1.82, 2.24) is 4.90 Å². The van der Waals surface area contributed by atoms with Gasteiger partial charge in [0.15, 0.2) is 0 Å². The van der Waals surface area contributed by atoms with E-state index in [2.05, 4.69) is 35.2 Å². The van der Waals surface area contributed by atoms with E-state index in [0.29, 0.717) is 0 Å². The van der Waals surface area contributed by atoms with Crippen LogP contribution in [-0.2, 0) is 11.2 Å². The summed E-state index contributed by atoms with van der Waals surface area (Å²) in [6, 6.07) is 10.7. The molecular weight excluding hydrogens is 224 g/mol. The molecule has 1 aliphatic rings. The van der Waals surface area contributed by atoms with Crippen LogP contribution < -0.4 is 5.73 Å². The van der Waals surface area contributed by atoms with Crippen molar-refractivity contribution < 1.29 is 4.74 Å². The number of nitrogens with zero attached hydrogens (tertiary/aromatic N) is 1. The molecule has 2 N–H and O–H groups in total. The number of aryl methyl sites for hydroxylation is 1. The second-order valence-electron chi connectivity index (χ2n) is 4.45. The fourth-order valence-corrected chi connectivity index (χ4v) is 1.98. The van der Waals surface area contributed by atoms with Crippen molar-refractivity contribution in [2.45, 2.75) is 19.8 Å². The molecule has 1 saturated heterocycles. The lowest BCUT2D eigenvalue weighted by molar-refractivity contribution is 0.0375. The number of nitrogens with two attached hydrogens (primary N) is 1. The predicted molar refractivity (Wildman–Crippen MR) is 76.8 cm³/mol. The summed E-state index contributed by atoms with van der Waals surface area (Å²) >= 11 is 0. The summed E-state index contributed by atoms with van der Waals surface area (Å²) in [7, 11) is 0. The van der Waals surface area contributed by atoms with Crippen LogP contribution in [0.4, 0.5) is 0 Å². The lowest BCUT2D eigenvalue weighted by atomic mass is 10.1. The Morgan fingerprint density at radius 3 is 2.39 bits per heavy atom. The molecule has 0 unspecified atom stereocenters. The van der Waals surface area contributed by atoms with E-state index in [1.165, 1.54) is 24.9 Å². The second-order valence-corrected chi connectivity index (χ2v) is 4.45. The van der Waals surface area contributed by atoms with E-state index in [1.807, 2.05) is 6.92 Å². The van der Waals surface area contributed by atoms with Crippen LogP contribution in [0.25, 0.3) is 0 Å². The van der Waals surface area contributed by atoms with Gasteiger partial charge in [-0.25, -0.2) is 0 Å². The van der Waals surface area contributed by atoms with Gasteiger partial charge in [0.1, 0.15) is 0 Å². The molecule has 1 fully saturated rings. The first kappa shape index (κ1) is 15.2. The average molecular weight is 250 g/mol. The summed E-state index contributed by atoms with van der Waals surface area (Å²) in [4.78, 5) is 2.49. The highest BCUT2D eigenvalue weighted by molar-refractivity contribution is 5.14. The summed E-state index contributed by atoms with van der Waals surface area (Å²) in [5.74, 6) is 0. The third-order valence-corrected chi connectivity index (χ3v) is 2.89. The van der Waals surface area contributed by atoms with Crippen LogP contribution in [0.2, 0.25) is 0 Å². The average Bonchev–Trinajstić information content (AvgIpc) is 2.42. The Morgan fingerprint density at radius 2 is 1.78 bits per heavy atom. The number of ether oxygens (including phenoxy) is 1. The topological polar surface area (TPSA) is 38.5 Å². The summed E-state index contributed by atoms with van der Waals surface area (Å²) in [5, 5.41) is 0. The molecule has 1 heterocycles. The Bertz CT molecular complexity index is 284. The summed E-state index contributed by atoms with van der Waals surface area (Å²) in [6.45, 7) is 7.89. The van der Waals surface area contributed by atoms with Crippen LogP contribution in [0.3, 0.4) is 0 Å². The summed E-state index contributed by atoms with van der Waals surface area (Å²) < 4.78 is 5.32. The number of hydrogen-bond donors (Lipinski definition) is 1. The SMILES string of the molecule is CCN.c1ccc(CCCN2CCOCC2)cc1. The van der Waals surface area contributed by atoms with Gasteiger partial charge in [-0.1, -0.05) is 37.3 Å². The third-order valence-electron chi connectivity index (χ3n) is 2.89. The van der Waals surface area contributed by atoms with E-state index >= 15 is 0 Å². The molecule has 1 aromatic carbocycles. The van der Waals surface area contributed by atoms with Crippen molar-refractivity contribution >= 4 is 0 Å². The zero-order chi connectivity index (χ0) is 13.1. The van der Waals surface area contributed by atoms with Gasteiger partial charge in [0.05, 0.1) is 13.2 Å². The normalized spacial score (nSPS) is 15.9. The molecule has 0 atom stereocenters. The van der Waals surface area contributed by atoms with Gasteiger partial charge < -0.3 is 10.5 Å². The van der Waals surface area contributed by atoms with Crippen LogP contribution in [-0.4, -0.2) is 44.3 Å². The van der Waals surface area contributed by atoms with Crippen LogP contribution in [0.15, 0.2) is 30.3 Å². The van der Waals surface area contributed by atoms with Crippen LogP contribution in [0, 0.1) is 0 Å². The van der Waals surface area contributed by atoms with Crippen LogP contribution >= 0.6 is 0 Å². The monoisotopic (exact) mass is 250 g/mol. The number of morpholine rings is 1. The molecule has 0 amide bonds. The largest absolute Gasteiger partial charge is 0.379 e. The van der Waals surface area contributed by atoms with E-state index in [1.54, 1.807) is 0 Å². The first-order valence-corrected chi connectivity index (χ1v) is 6.91. The highest BCUT2D eigenvalue weighted by Gasteiger charge is 2.08. The Labute approximate surface area is 111 Å². The van der Waals surface area contributed by atoms with Gasteiger partial charge in [-0.3, -0.25) is 4.90 Å². The Hall–Kier alpha value is -0.900. The molecule has 0 aromatic heterocycles. The predicted octanol–water partition coefficient (Wildman–Crippen LogP) is 1.92. The number of hydrogen-bond acceptors (Lipinski definition) is 3. The van der Waals surface area contributed by atoms with E-state index in [9.17, 15) is 0 Å². The molecule has 0 saturated carbocycles. The Balaban J connectivity index is 0.000000492. The van der Waals surface area contributed by atoms with Crippen LogP contribution in [0.5, 0.6) is 0 Å². The Morgan fingerprint density at radius 1 is 1.17 bits per heavy atom. The highest BCUT2D eigenvalue weighted by Crippen LogP contribution is 2.04. The molecule has 0 radical (unpaired) electrons. The molecule has 3 nitrogen and oxygen atoms in total. The third kappa shape index (κ3) is 6.74. The zero-order valence-corrected chi connectivity index (χ0v) is 11.5. The smallest absolute Gasteiger partial charge is 0.0594 e. The van der Waals surface area contributed by atoms with E-state index < -0.39 is 0 Å². The van der Waals surface area contributed by atoms with Crippen molar-refractivity contribution in [2.24, 2.45) is 5.73 Å². The van der Waals surface area contributed by atoms with Gasteiger partial charge in [-0.2, -0.15) is 0 Å². The van der Waals surface area contributed by atoms with Crippen molar-refractivity contribution in [3.63, 3.8) is 0 Å². The first-order valence-electron chi connectivity index (χ1n) is 6.91. The van der Waals surface area contributed by atoms with Gasteiger partial charge in [0.25, 0.3) is 0 Å². The first-order chi connectivity index (χ1) is 8.86. The highest BCUT2D eigenvalue weighted by atomic mass is 16.5. The molecule has 3 heteroatoms. The van der Waals surface area contributed by atoms with Gasteiger partial charge in [-0.15, -0.1) is 0 Å². The van der Waals surface area contributed by atoms with Crippen molar-refractivity contribution in [2.75, 3.05) is 39.4 Å². The minimum Gasteiger partial charge on any atom is -0.379 e. The maximum atomic E-state index is 5.32. The fourth-order valence-electron chi connectivity index (χ4n) is 1.98. The molecule has 102 valence electrons.